The number of rotatable bonds is 5. The summed E-state index contributed by atoms with van der Waals surface area (Å²) in [4.78, 5) is 59.9. The highest BCUT2D eigenvalue weighted by molar-refractivity contribution is 6.21. The largest absolute Gasteiger partial charge is 0.344 e. The average molecular weight is 481 g/mol. The number of nitrogens with zero attached hydrogens (tertiary/aromatic N) is 4. The van der Waals surface area contributed by atoms with Crippen LogP contribution in [0, 0.1) is 20.2 Å². The molecule has 0 aromatic heterocycles. The van der Waals surface area contributed by atoms with Gasteiger partial charge in [0.05, 0.1) is 51.0 Å². The summed E-state index contributed by atoms with van der Waals surface area (Å²) in [5.41, 5.74) is 1.30. The van der Waals surface area contributed by atoms with Gasteiger partial charge in [-0.1, -0.05) is 12.1 Å². The molecule has 3 aliphatic rings. The number of fused-ring (bicyclic) bond motifs is 3. The molecule has 2 fully saturated rings. The lowest BCUT2D eigenvalue weighted by atomic mass is 10.0. The Bertz CT molecular complexity index is 1270. The maximum atomic E-state index is 12.9. The van der Waals surface area contributed by atoms with Gasteiger partial charge in [0.15, 0.2) is 6.29 Å². The summed E-state index contributed by atoms with van der Waals surface area (Å²) < 4.78 is 11.3. The second kappa shape index (κ2) is 8.34. The van der Waals surface area contributed by atoms with Crippen LogP contribution in [0.5, 0.6) is 0 Å². The Kier molecular flexibility index (Phi) is 5.30. The van der Waals surface area contributed by atoms with Crippen molar-refractivity contribution in [1.29, 1.82) is 0 Å². The lowest BCUT2D eigenvalue weighted by Gasteiger charge is -2.33. The summed E-state index contributed by atoms with van der Waals surface area (Å²) in [6, 6.07) is 8.17. The molecule has 2 aromatic carbocycles. The molecule has 0 unspecified atom stereocenters. The number of non-ortho nitro benzene ring substituents is 2. The molecule has 2 bridgehead atoms. The van der Waals surface area contributed by atoms with Gasteiger partial charge in [-0.25, -0.2) is 5.43 Å². The lowest BCUT2D eigenvalue weighted by molar-refractivity contribution is -0.394. The first-order chi connectivity index (χ1) is 16.7. The minimum Gasteiger partial charge on any atom is -0.344 e. The smallest absolute Gasteiger partial charge is 0.277 e. The van der Waals surface area contributed by atoms with E-state index >= 15 is 0 Å². The van der Waals surface area contributed by atoms with E-state index in [4.69, 9.17) is 9.47 Å². The van der Waals surface area contributed by atoms with E-state index in [1.807, 2.05) is 0 Å². The molecule has 0 radical (unpaired) electrons. The number of nitrogens with one attached hydrogen (secondary N) is 1. The summed E-state index contributed by atoms with van der Waals surface area (Å²) >= 11 is 0. The average Bonchev–Trinajstić information content (AvgIpc) is 3.38. The van der Waals surface area contributed by atoms with Crippen molar-refractivity contribution >= 4 is 34.8 Å². The number of carbonyl (C=O) groups is 3. The van der Waals surface area contributed by atoms with Crippen LogP contribution in [-0.4, -0.2) is 63.2 Å². The van der Waals surface area contributed by atoms with E-state index in [2.05, 4.69) is 10.5 Å². The van der Waals surface area contributed by atoms with Crippen molar-refractivity contribution in [3.8, 4) is 0 Å². The fourth-order valence-corrected chi connectivity index (χ4v) is 4.23. The van der Waals surface area contributed by atoms with Crippen LogP contribution in [0.4, 0.5) is 11.4 Å². The zero-order valence-electron chi connectivity index (χ0n) is 17.7. The monoisotopic (exact) mass is 481 g/mol. The van der Waals surface area contributed by atoms with Crippen molar-refractivity contribution in [2.24, 2.45) is 5.10 Å². The van der Waals surface area contributed by atoms with Crippen LogP contribution in [0.2, 0.25) is 0 Å². The normalized spacial score (nSPS) is 23.9. The molecule has 0 spiro atoms. The summed E-state index contributed by atoms with van der Waals surface area (Å²) in [6.07, 6.45) is -1.46. The predicted octanol–water partition coefficient (Wildman–Crippen LogP) is 1.40. The van der Waals surface area contributed by atoms with E-state index in [0.717, 1.165) is 23.1 Å². The van der Waals surface area contributed by atoms with Crippen molar-refractivity contribution in [3.63, 3.8) is 0 Å². The topological polar surface area (TPSA) is 184 Å². The van der Waals surface area contributed by atoms with Crippen LogP contribution in [0.15, 0.2) is 47.6 Å². The number of hydrogen-bond donors (Lipinski definition) is 1. The highest BCUT2D eigenvalue weighted by Crippen LogP contribution is 2.34. The van der Waals surface area contributed by atoms with Gasteiger partial charge in [0.25, 0.3) is 29.1 Å². The lowest BCUT2D eigenvalue weighted by Crippen LogP contribution is -2.52. The molecule has 0 aliphatic carbocycles. The molecule has 3 atom stereocenters. The van der Waals surface area contributed by atoms with Gasteiger partial charge >= 0.3 is 0 Å². The highest BCUT2D eigenvalue weighted by atomic mass is 16.7. The zero-order valence-corrected chi connectivity index (χ0v) is 17.7. The number of hydrogen-bond acceptors (Lipinski definition) is 10. The second-order valence-electron chi connectivity index (χ2n) is 7.93. The Morgan fingerprint density at radius 1 is 1.03 bits per heavy atom. The number of nitro groups is 2. The zero-order chi connectivity index (χ0) is 24.9. The van der Waals surface area contributed by atoms with Crippen LogP contribution < -0.4 is 5.43 Å². The van der Waals surface area contributed by atoms with Gasteiger partial charge in [-0.15, -0.1) is 0 Å². The molecule has 2 saturated heterocycles. The molecule has 1 N–H and O–H groups in total. The second-order valence-corrected chi connectivity index (χ2v) is 7.93. The number of benzene rings is 2. The molecule has 178 valence electrons. The van der Waals surface area contributed by atoms with E-state index in [-0.39, 0.29) is 35.4 Å². The molecule has 14 nitrogen and oxygen atoms in total. The number of imide groups is 1. The minimum absolute atomic E-state index is 0.0518. The van der Waals surface area contributed by atoms with Crippen LogP contribution in [0.3, 0.4) is 0 Å². The van der Waals surface area contributed by atoms with Crippen molar-refractivity contribution < 1.29 is 33.7 Å². The van der Waals surface area contributed by atoms with Gasteiger partial charge in [-0.05, 0) is 12.1 Å². The van der Waals surface area contributed by atoms with E-state index < -0.39 is 57.4 Å². The molecular weight excluding hydrogens is 466 g/mol. The number of amides is 3. The van der Waals surface area contributed by atoms with E-state index in [1.165, 1.54) is 0 Å². The van der Waals surface area contributed by atoms with Gasteiger partial charge in [0, 0.05) is 18.6 Å². The van der Waals surface area contributed by atoms with E-state index in [0.29, 0.717) is 0 Å². The number of carbonyl (C=O) groups excluding carboxylic acids is 3. The molecule has 35 heavy (non-hydrogen) atoms. The van der Waals surface area contributed by atoms with Gasteiger partial charge in [-0.2, -0.15) is 5.10 Å². The molecule has 3 aliphatic heterocycles. The van der Waals surface area contributed by atoms with Crippen LogP contribution in [0.25, 0.3) is 0 Å². The highest BCUT2D eigenvalue weighted by Gasteiger charge is 2.50. The summed E-state index contributed by atoms with van der Waals surface area (Å²) in [5.74, 6) is -1.89. The third-order valence-corrected chi connectivity index (χ3v) is 5.87. The molecule has 14 heteroatoms. The van der Waals surface area contributed by atoms with Gasteiger partial charge in [0.2, 0.25) is 0 Å². The van der Waals surface area contributed by atoms with Crippen LogP contribution >= 0.6 is 0 Å². The number of hydrazone groups is 1. The Balaban J connectivity index is 1.38. The van der Waals surface area contributed by atoms with Crippen molar-refractivity contribution in [2.75, 3.05) is 6.61 Å². The first-order valence-corrected chi connectivity index (χ1v) is 10.3. The standard InChI is InChI=1S/C21H15N5O9/c27-18(10-5-11(25(30)31)7-12(6-10)26(32)33)23-22-15-8-16(17-9-34-21(15)35-17)24-19(28)13-3-1-2-4-14(13)20(24)29/h1-7,16-17,21H,8-9H2,(H,23,27)/b22-15+/t16-,17+,21+/m0/s1. The number of ether oxygens (including phenoxy) is 2. The summed E-state index contributed by atoms with van der Waals surface area (Å²) in [7, 11) is 0. The predicted molar refractivity (Wildman–Crippen MR) is 115 cm³/mol. The Labute approximate surface area is 195 Å². The quantitative estimate of drug-likeness (QED) is 0.374. The molecule has 3 amide bonds. The van der Waals surface area contributed by atoms with Crippen molar-refractivity contribution in [2.45, 2.75) is 24.9 Å². The number of nitro benzene ring substituents is 2. The Morgan fingerprint density at radius 3 is 2.20 bits per heavy atom. The van der Waals surface area contributed by atoms with Gasteiger partial charge < -0.3 is 9.47 Å². The SMILES string of the molecule is O=C(N/N=C1\C[C@H](N2C(=O)c3ccccc3C2=O)[C@H]2CO[C@@H]1O2)c1cc([N+](=O)[O-])cc([N+](=O)[O-])c1. The van der Waals surface area contributed by atoms with Crippen LogP contribution in [-0.2, 0) is 9.47 Å². The fraction of sp³-hybridized carbons (Fsp3) is 0.238. The molecular formula is C21H15N5O9. The first-order valence-electron chi connectivity index (χ1n) is 10.3. The third-order valence-electron chi connectivity index (χ3n) is 5.87. The molecule has 3 heterocycles. The minimum atomic E-state index is -0.943. The van der Waals surface area contributed by atoms with E-state index in [1.54, 1.807) is 24.3 Å². The maximum absolute atomic E-state index is 12.9. The van der Waals surface area contributed by atoms with Crippen LogP contribution in [0.1, 0.15) is 37.5 Å². The third kappa shape index (κ3) is 3.79. The van der Waals surface area contributed by atoms with E-state index in [9.17, 15) is 34.6 Å². The molecule has 2 aromatic rings. The molecule has 0 saturated carbocycles. The Morgan fingerprint density at radius 2 is 1.63 bits per heavy atom. The van der Waals surface area contributed by atoms with Gasteiger partial charge in [0.1, 0.15) is 6.10 Å². The van der Waals surface area contributed by atoms with Crippen molar-refractivity contribution in [3.05, 3.63) is 79.4 Å². The summed E-state index contributed by atoms with van der Waals surface area (Å²) in [5, 5.41) is 26.1. The van der Waals surface area contributed by atoms with Crippen molar-refractivity contribution in [1.82, 2.24) is 10.3 Å². The maximum Gasteiger partial charge on any atom is 0.277 e. The summed E-state index contributed by atoms with van der Waals surface area (Å²) in [6.45, 7) is 0.0901. The van der Waals surface area contributed by atoms with Gasteiger partial charge in [-0.3, -0.25) is 39.5 Å². The fourth-order valence-electron chi connectivity index (χ4n) is 4.23. The Hall–Kier alpha value is -4.56. The first kappa shape index (κ1) is 22.2. The molecule has 5 rings (SSSR count).